The van der Waals surface area contributed by atoms with Gasteiger partial charge in [0.2, 0.25) is 0 Å². The number of hydrogen-bond donors (Lipinski definition) is 2. The molecule has 3 nitrogen and oxygen atoms in total. The maximum absolute atomic E-state index is 13.8. The van der Waals surface area contributed by atoms with E-state index in [1.54, 1.807) is 12.3 Å². The molecule has 20 heavy (non-hydrogen) atoms. The molecule has 0 aliphatic heterocycles. The molecule has 0 spiro atoms. The minimum absolute atomic E-state index is 0.190. The number of aromatic nitrogens is 1. The smallest absolute Gasteiger partial charge is 0.129 e. The maximum atomic E-state index is 13.8. The zero-order chi connectivity index (χ0) is 14.9. The Morgan fingerprint density at radius 3 is 2.65 bits per heavy atom. The third-order valence-corrected chi connectivity index (χ3v) is 3.60. The minimum atomic E-state index is -1.77. The first-order valence-corrected chi connectivity index (χ1v) is 6.65. The van der Waals surface area contributed by atoms with Crippen molar-refractivity contribution in [2.24, 2.45) is 5.73 Å². The summed E-state index contributed by atoms with van der Waals surface area (Å²) < 4.78 is 27.8. The number of benzene rings is 1. The third-order valence-electron chi connectivity index (χ3n) is 3.16. The van der Waals surface area contributed by atoms with Gasteiger partial charge >= 0.3 is 0 Å². The third kappa shape index (κ3) is 2.87. The van der Waals surface area contributed by atoms with Crippen LogP contribution in [0.1, 0.15) is 24.1 Å². The summed E-state index contributed by atoms with van der Waals surface area (Å²) in [5, 5.41) is 10.5. The van der Waals surface area contributed by atoms with Crippen LogP contribution in [0.2, 0.25) is 0 Å². The predicted molar refractivity (Wildman–Crippen MR) is 74.8 cm³/mol. The van der Waals surface area contributed by atoms with Crippen LogP contribution >= 0.6 is 15.9 Å². The van der Waals surface area contributed by atoms with Gasteiger partial charge in [-0.1, -0.05) is 0 Å². The second kappa shape index (κ2) is 5.55. The Morgan fingerprint density at radius 2 is 2.00 bits per heavy atom. The topological polar surface area (TPSA) is 59.1 Å². The van der Waals surface area contributed by atoms with E-state index < -0.39 is 23.3 Å². The molecule has 0 aliphatic rings. The largest absolute Gasteiger partial charge is 0.383 e. The van der Waals surface area contributed by atoms with E-state index in [0.29, 0.717) is 10.0 Å². The summed E-state index contributed by atoms with van der Waals surface area (Å²) in [6.45, 7) is 1.34. The SMILES string of the molecule is C[C@@](O)(c1cc(F)ccc1F)C(N)c1cncc(Br)c1. The van der Waals surface area contributed by atoms with Crippen LogP contribution in [0, 0.1) is 11.6 Å². The second-order valence-corrected chi connectivity index (χ2v) is 5.60. The molecule has 106 valence electrons. The molecule has 0 saturated carbocycles. The monoisotopic (exact) mass is 342 g/mol. The Morgan fingerprint density at radius 1 is 1.30 bits per heavy atom. The molecule has 0 amide bonds. The van der Waals surface area contributed by atoms with E-state index >= 15 is 0 Å². The first-order chi connectivity index (χ1) is 9.32. The van der Waals surface area contributed by atoms with Gasteiger partial charge in [-0.3, -0.25) is 4.98 Å². The van der Waals surface area contributed by atoms with Gasteiger partial charge in [0.1, 0.15) is 17.2 Å². The van der Waals surface area contributed by atoms with E-state index in [0.717, 1.165) is 18.2 Å². The first kappa shape index (κ1) is 15.0. The summed E-state index contributed by atoms with van der Waals surface area (Å²) in [7, 11) is 0. The predicted octanol–water partition coefficient (Wildman–Crippen LogP) is 3.03. The highest BCUT2D eigenvalue weighted by Gasteiger charge is 2.35. The lowest BCUT2D eigenvalue weighted by Crippen LogP contribution is -2.36. The summed E-state index contributed by atoms with van der Waals surface area (Å²) in [6, 6.07) is 3.61. The Kier molecular flexibility index (Phi) is 4.17. The van der Waals surface area contributed by atoms with E-state index in [9.17, 15) is 13.9 Å². The van der Waals surface area contributed by atoms with E-state index in [4.69, 9.17) is 5.73 Å². The molecule has 1 unspecified atom stereocenters. The summed E-state index contributed by atoms with van der Waals surface area (Å²) in [5.74, 6) is -1.35. The second-order valence-electron chi connectivity index (χ2n) is 4.69. The van der Waals surface area contributed by atoms with Crippen molar-refractivity contribution < 1.29 is 13.9 Å². The van der Waals surface area contributed by atoms with Gasteiger partial charge < -0.3 is 10.8 Å². The van der Waals surface area contributed by atoms with Crippen LogP contribution < -0.4 is 5.73 Å². The molecule has 0 bridgehead atoms. The van der Waals surface area contributed by atoms with Gasteiger partial charge in [0.25, 0.3) is 0 Å². The van der Waals surface area contributed by atoms with Crippen LogP contribution in [-0.2, 0) is 5.60 Å². The number of pyridine rings is 1. The van der Waals surface area contributed by atoms with Crippen molar-refractivity contribution in [1.82, 2.24) is 4.98 Å². The van der Waals surface area contributed by atoms with Crippen molar-refractivity contribution in [1.29, 1.82) is 0 Å². The van der Waals surface area contributed by atoms with Crippen LogP contribution in [0.3, 0.4) is 0 Å². The summed E-state index contributed by atoms with van der Waals surface area (Å²) >= 11 is 3.25. The van der Waals surface area contributed by atoms with Gasteiger partial charge in [0.15, 0.2) is 0 Å². The molecule has 1 aromatic carbocycles. The number of halogens is 3. The van der Waals surface area contributed by atoms with Crippen LogP contribution in [0.15, 0.2) is 41.1 Å². The molecule has 2 aromatic rings. The minimum Gasteiger partial charge on any atom is -0.383 e. The average Bonchev–Trinajstić information content (AvgIpc) is 2.40. The van der Waals surface area contributed by atoms with Crippen molar-refractivity contribution in [3.05, 3.63) is 63.9 Å². The molecule has 2 atom stereocenters. The first-order valence-electron chi connectivity index (χ1n) is 5.86. The lowest BCUT2D eigenvalue weighted by Gasteiger charge is -2.31. The number of nitrogens with two attached hydrogens (primary N) is 1. The van der Waals surface area contributed by atoms with E-state index in [1.165, 1.54) is 13.1 Å². The maximum Gasteiger partial charge on any atom is 0.129 e. The fraction of sp³-hybridized carbons (Fsp3) is 0.214. The number of hydrogen-bond acceptors (Lipinski definition) is 3. The molecule has 0 aliphatic carbocycles. The Hall–Kier alpha value is -1.37. The fourth-order valence-electron chi connectivity index (χ4n) is 1.98. The molecule has 0 fully saturated rings. The van der Waals surface area contributed by atoms with Crippen molar-refractivity contribution in [3.8, 4) is 0 Å². The molecule has 1 aromatic heterocycles. The average molecular weight is 343 g/mol. The quantitative estimate of drug-likeness (QED) is 0.901. The molecule has 2 rings (SSSR count). The molecule has 6 heteroatoms. The van der Waals surface area contributed by atoms with Crippen LogP contribution in [0.5, 0.6) is 0 Å². The number of aliphatic hydroxyl groups is 1. The van der Waals surface area contributed by atoms with Crippen molar-refractivity contribution in [2.75, 3.05) is 0 Å². The standard InChI is InChI=1S/C14H13BrF2N2O/c1-14(20,11-5-10(16)2-3-12(11)17)13(18)8-4-9(15)7-19-6-8/h2-7,13,20H,18H2,1H3/t13?,14-/m1/s1. The molecular formula is C14H13BrF2N2O. The Balaban J connectivity index is 2.46. The van der Waals surface area contributed by atoms with E-state index in [1.807, 2.05) is 0 Å². The van der Waals surface area contributed by atoms with Gasteiger partial charge in [-0.2, -0.15) is 0 Å². The zero-order valence-electron chi connectivity index (χ0n) is 10.6. The van der Waals surface area contributed by atoms with Crippen molar-refractivity contribution in [2.45, 2.75) is 18.6 Å². The van der Waals surface area contributed by atoms with Crippen LogP contribution in [0.4, 0.5) is 8.78 Å². The van der Waals surface area contributed by atoms with E-state index in [2.05, 4.69) is 20.9 Å². The highest BCUT2D eigenvalue weighted by molar-refractivity contribution is 9.10. The van der Waals surface area contributed by atoms with Crippen molar-refractivity contribution >= 4 is 15.9 Å². The molecule has 0 saturated heterocycles. The van der Waals surface area contributed by atoms with E-state index in [-0.39, 0.29) is 5.56 Å². The van der Waals surface area contributed by atoms with Gasteiger partial charge in [0.05, 0.1) is 6.04 Å². The lowest BCUT2D eigenvalue weighted by molar-refractivity contribution is 0.0243. The zero-order valence-corrected chi connectivity index (χ0v) is 12.2. The Bertz CT molecular complexity index is 634. The summed E-state index contributed by atoms with van der Waals surface area (Å²) in [6.07, 6.45) is 3.04. The van der Waals surface area contributed by atoms with Gasteiger partial charge in [-0.25, -0.2) is 8.78 Å². The molecule has 1 heterocycles. The lowest BCUT2D eigenvalue weighted by atomic mass is 9.85. The molecule has 0 radical (unpaired) electrons. The van der Waals surface area contributed by atoms with Gasteiger partial charge in [-0.05, 0) is 52.7 Å². The van der Waals surface area contributed by atoms with Gasteiger partial charge in [-0.15, -0.1) is 0 Å². The highest BCUT2D eigenvalue weighted by atomic mass is 79.9. The molecule has 3 N–H and O–H groups in total. The Labute approximate surface area is 123 Å². The number of nitrogens with zero attached hydrogens (tertiary/aromatic N) is 1. The summed E-state index contributed by atoms with van der Waals surface area (Å²) in [4.78, 5) is 3.95. The highest BCUT2D eigenvalue weighted by Crippen LogP contribution is 2.35. The summed E-state index contributed by atoms with van der Waals surface area (Å²) in [5.41, 5.74) is 4.54. The van der Waals surface area contributed by atoms with Gasteiger partial charge in [0, 0.05) is 22.4 Å². The molecular weight excluding hydrogens is 330 g/mol. The normalized spacial score (nSPS) is 15.7. The van der Waals surface area contributed by atoms with Crippen molar-refractivity contribution in [3.63, 3.8) is 0 Å². The number of rotatable bonds is 3. The van der Waals surface area contributed by atoms with Crippen LogP contribution in [-0.4, -0.2) is 10.1 Å². The fourth-order valence-corrected chi connectivity index (χ4v) is 2.36. The van der Waals surface area contributed by atoms with Crippen LogP contribution in [0.25, 0.3) is 0 Å².